The number of halogens is 3. The smallest absolute Gasteiger partial charge is 0.165 e. The van der Waals surface area contributed by atoms with Gasteiger partial charge in [0.2, 0.25) is 0 Å². The first-order chi connectivity index (χ1) is 13.7. The molecule has 7 heteroatoms. The van der Waals surface area contributed by atoms with Gasteiger partial charge in [0.1, 0.15) is 5.82 Å². The van der Waals surface area contributed by atoms with E-state index in [-0.39, 0.29) is 30.2 Å². The van der Waals surface area contributed by atoms with Gasteiger partial charge in [-0.3, -0.25) is 0 Å². The molecule has 1 saturated carbocycles. The highest BCUT2D eigenvalue weighted by molar-refractivity contribution is 6.33. The van der Waals surface area contributed by atoms with Crippen molar-refractivity contribution in [2.24, 2.45) is 7.05 Å². The quantitative estimate of drug-likeness (QED) is 0.470. The van der Waals surface area contributed by atoms with E-state index in [0.29, 0.717) is 0 Å². The van der Waals surface area contributed by atoms with Gasteiger partial charge in [0, 0.05) is 31.4 Å². The minimum Gasteiger partial charge on any atom is -0.371 e. The summed E-state index contributed by atoms with van der Waals surface area (Å²) < 4.78 is 2.13. The van der Waals surface area contributed by atoms with Crippen molar-refractivity contribution in [3.05, 3.63) is 64.9 Å². The SMILES string of the molecule is Cl.Cl.Cn1c(-c2ccc(N3CCCCC3)cc2Cl)nnc1C1(c2ccccc2)CC1. The van der Waals surface area contributed by atoms with E-state index in [4.69, 9.17) is 11.6 Å². The number of benzene rings is 2. The molecule has 0 unspecified atom stereocenters. The van der Waals surface area contributed by atoms with Gasteiger partial charge in [-0.25, -0.2) is 0 Å². The molecule has 2 aliphatic rings. The third-order valence-corrected chi connectivity index (χ3v) is 6.61. The molecule has 0 bridgehead atoms. The average Bonchev–Trinajstić information content (AvgIpc) is 3.46. The van der Waals surface area contributed by atoms with E-state index in [1.165, 1.54) is 30.5 Å². The fourth-order valence-electron chi connectivity index (χ4n) is 4.54. The van der Waals surface area contributed by atoms with E-state index in [2.05, 4.69) is 75.2 Å². The third-order valence-electron chi connectivity index (χ3n) is 6.29. The Morgan fingerprint density at radius 2 is 1.60 bits per heavy atom. The van der Waals surface area contributed by atoms with Crippen molar-refractivity contribution in [2.45, 2.75) is 37.5 Å². The molecule has 0 N–H and O–H groups in total. The molecule has 0 spiro atoms. The summed E-state index contributed by atoms with van der Waals surface area (Å²) in [4.78, 5) is 2.43. The minimum atomic E-state index is 0. The van der Waals surface area contributed by atoms with Gasteiger partial charge in [0.15, 0.2) is 5.82 Å². The molecule has 160 valence electrons. The number of aromatic nitrogens is 3. The Labute approximate surface area is 195 Å². The number of nitrogens with zero attached hydrogens (tertiary/aromatic N) is 4. The van der Waals surface area contributed by atoms with Crippen molar-refractivity contribution in [1.82, 2.24) is 14.8 Å². The van der Waals surface area contributed by atoms with Crippen LogP contribution in [0.25, 0.3) is 11.4 Å². The van der Waals surface area contributed by atoms with E-state index in [1.807, 2.05) is 0 Å². The third kappa shape index (κ3) is 3.93. The molecular formula is C23H27Cl3N4. The lowest BCUT2D eigenvalue weighted by Gasteiger charge is -2.29. The highest BCUT2D eigenvalue weighted by atomic mass is 35.5. The largest absolute Gasteiger partial charge is 0.371 e. The Kier molecular flexibility index (Phi) is 7.01. The zero-order valence-corrected chi connectivity index (χ0v) is 19.4. The topological polar surface area (TPSA) is 34.0 Å². The molecule has 0 atom stereocenters. The van der Waals surface area contributed by atoms with Crippen molar-refractivity contribution in [3.8, 4) is 11.4 Å². The molecule has 3 aromatic rings. The summed E-state index contributed by atoms with van der Waals surface area (Å²) in [6.45, 7) is 2.23. The number of hydrogen-bond acceptors (Lipinski definition) is 3. The van der Waals surface area contributed by atoms with Crippen molar-refractivity contribution < 1.29 is 0 Å². The molecule has 2 fully saturated rings. The van der Waals surface area contributed by atoms with Gasteiger partial charge in [-0.15, -0.1) is 35.0 Å². The first kappa shape index (κ1) is 22.9. The first-order valence-electron chi connectivity index (χ1n) is 10.2. The molecule has 0 amide bonds. The van der Waals surface area contributed by atoms with E-state index in [9.17, 15) is 0 Å². The fraction of sp³-hybridized carbons (Fsp3) is 0.391. The molecule has 1 aromatic heterocycles. The maximum Gasteiger partial charge on any atom is 0.165 e. The lowest BCUT2D eigenvalue weighted by atomic mass is 9.95. The normalized spacial score (nSPS) is 17.1. The van der Waals surface area contributed by atoms with Crippen LogP contribution >= 0.6 is 36.4 Å². The Balaban J connectivity index is 0.00000128. The van der Waals surface area contributed by atoms with Crippen molar-refractivity contribution >= 4 is 42.1 Å². The van der Waals surface area contributed by atoms with Crippen LogP contribution in [-0.4, -0.2) is 27.9 Å². The number of piperidine rings is 1. The van der Waals surface area contributed by atoms with Crippen molar-refractivity contribution in [1.29, 1.82) is 0 Å². The predicted molar refractivity (Wildman–Crippen MR) is 128 cm³/mol. The van der Waals surface area contributed by atoms with Gasteiger partial charge < -0.3 is 9.47 Å². The molecule has 30 heavy (non-hydrogen) atoms. The van der Waals surface area contributed by atoms with E-state index >= 15 is 0 Å². The standard InChI is InChI=1S/C23H25ClN4.2ClH/c1-27-21(19-11-10-18(16-20(19)24)28-14-6-3-7-15-28)25-26-22(27)23(12-13-23)17-8-4-2-5-9-17;;/h2,4-5,8-11,16H,3,6-7,12-15H2,1H3;2*1H. The lowest BCUT2D eigenvalue weighted by molar-refractivity contribution is 0.578. The molecule has 1 saturated heterocycles. The molecule has 1 aliphatic carbocycles. The maximum absolute atomic E-state index is 6.70. The molecule has 2 heterocycles. The second-order valence-electron chi connectivity index (χ2n) is 8.07. The molecule has 4 nitrogen and oxygen atoms in total. The summed E-state index contributed by atoms with van der Waals surface area (Å²) in [5.74, 6) is 1.87. The van der Waals surface area contributed by atoms with Crippen LogP contribution in [0.1, 0.15) is 43.5 Å². The number of hydrogen-bond donors (Lipinski definition) is 0. The van der Waals surface area contributed by atoms with Crippen LogP contribution in [0, 0.1) is 0 Å². The van der Waals surface area contributed by atoms with Crippen LogP contribution in [0.5, 0.6) is 0 Å². The van der Waals surface area contributed by atoms with Crippen LogP contribution < -0.4 is 4.90 Å². The van der Waals surface area contributed by atoms with Gasteiger partial charge >= 0.3 is 0 Å². The zero-order valence-electron chi connectivity index (χ0n) is 17.1. The summed E-state index contributed by atoms with van der Waals surface area (Å²) >= 11 is 6.70. The second kappa shape index (κ2) is 9.17. The minimum absolute atomic E-state index is 0. The Morgan fingerprint density at radius 1 is 0.900 bits per heavy atom. The van der Waals surface area contributed by atoms with Crippen LogP contribution in [0.2, 0.25) is 5.02 Å². The highest BCUT2D eigenvalue weighted by Gasteiger charge is 2.49. The van der Waals surface area contributed by atoms with Crippen LogP contribution in [0.15, 0.2) is 48.5 Å². The summed E-state index contributed by atoms with van der Waals surface area (Å²) in [6.07, 6.45) is 6.07. The molecular weight excluding hydrogens is 439 g/mol. The van der Waals surface area contributed by atoms with Gasteiger partial charge in [-0.05, 0) is 55.9 Å². The van der Waals surface area contributed by atoms with Gasteiger partial charge in [0.25, 0.3) is 0 Å². The van der Waals surface area contributed by atoms with Gasteiger partial charge in [-0.2, -0.15) is 0 Å². The summed E-state index contributed by atoms with van der Waals surface area (Å²) in [5.41, 5.74) is 3.48. The Hall–Kier alpha value is -1.75. The predicted octanol–water partition coefficient (Wildman–Crippen LogP) is 6.05. The Bertz CT molecular complexity index is 993. The van der Waals surface area contributed by atoms with Crippen LogP contribution in [0.4, 0.5) is 5.69 Å². The van der Waals surface area contributed by atoms with Crippen LogP contribution in [0.3, 0.4) is 0 Å². The average molecular weight is 466 g/mol. The summed E-state index contributed by atoms with van der Waals surface area (Å²) in [5, 5.41) is 9.88. The zero-order chi connectivity index (χ0) is 19.1. The van der Waals surface area contributed by atoms with Gasteiger partial charge in [-0.1, -0.05) is 41.9 Å². The lowest BCUT2D eigenvalue weighted by Crippen LogP contribution is -2.29. The second-order valence-corrected chi connectivity index (χ2v) is 8.47. The number of rotatable bonds is 4. The molecule has 0 radical (unpaired) electrons. The van der Waals surface area contributed by atoms with E-state index in [1.54, 1.807) is 0 Å². The number of anilines is 1. The Morgan fingerprint density at radius 3 is 2.23 bits per heavy atom. The molecule has 2 aromatic carbocycles. The molecule has 1 aliphatic heterocycles. The molecule has 5 rings (SSSR count). The maximum atomic E-state index is 6.70. The van der Waals surface area contributed by atoms with Crippen molar-refractivity contribution in [3.63, 3.8) is 0 Å². The highest BCUT2D eigenvalue weighted by Crippen LogP contribution is 2.53. The van der Waals surface area contributed by atoms with E-state index in [0.717, 1.165) is 48.2 Å². The van der Waals surface area contributed by atoms with Crippen LogP contribution in [-0.2, 0) is 12.5 Å². The van der Waals surface area contributed by atoms with E-state index < -0.39 is 0 Å². The summed E-state index contributed by atoms with van der Waals surface area (Å²) in [6, 6.07) is 17.0. The van der Waals surface area contributed by atoms with Crippen molar-refractivity contribution in [2.75, 3.05) is 18.0 Å². The first-order valence-corrected chi connectivity index (χ1v) is 10.6. The fourth-order valence-corrected chi connectivity index (χ4v) is 4.80. The van der Waals surface area contributed by atoms with Gasteiger partial charge in [0.05, 0.1) is 10.4 Å². The monoisotopic (exact) mass is 464 g/mol. The summed E-state index contributed by atoms with van der Waals surface area (Å²) in [7, 11) is 2.06.